The number of carbonyl (C=O) groups is 1. The van der Waals surface area contributed by atoms with Crippen molar-refractivity contribution < 1.29 is 4.79 Å². The molecule has 1 fully saturated rings. The number of aromatic nitrogens is 2. The van der Waals surface area contributed by atoms with Crippen molar-refractivity contribution in [3.63, 3.8) is 0 Å². The van der Waals surface area contributed by atoms with E-state index in [4.69, 9.17) is 11.6 Å². The number of halogens is 1. The first-order chi connectivity index (χ1) is 7.16. The minimum atomic E-state index is 0.141. The number of hydrogen-bond donors (Lipinski definition) is 0. The van der Waals surface area contributed by atoms with Crippen LogP contribution >= 0.6 is 22.9 Å². The largest absolute Gasteiger partial charge is 0.336 e. The Morgan fingerprint density at radius 3 is 3.07 bits per heavy atom. The molecular formula is C9H12ClN3OS. The monoisotopic (exact) mass is 245 g/mol. The minimum Gasteiger partial charge on any atom is -0.336 e. The predicted molar refractivity (Wildman–Crippen MR) is 58.7 cm³/mol. The average molecular weight is 246 g/mol. The summed E-state index contributed by atoms with van der Waals surface area (Å²) in [7, 11) is 0. The van der Waals surface area contributed by atoms with Crippen LogP contribution in [-0.2, 0) is 11.3 Å². The first kappa shape index (κ1) is 10.8. The van der Waals surface area contributed by atoms with Gasteiger partial charge in [-0.15, -0.1) is 10.2 Å². The molecule has 4 nitrogen and oxygen atoms in total. The fourth-order valence-electron chi connectivity index (χ4n) is 1.75. The van der Waals surface area contributed by atoms with Crippen LogP contribution in [0.2, 0.25) is 4.47 Å². The van der Waals surface area contributed by atoms with Gasteiger partial charge in [0, 0.05) is 12.5 Å². The van der Waals surface area contributed by atoms with Crippen molar-refractivity contribution in [1.82, 2.24) is 15.1 Å². The lowest BCUT2D eigenvalue weighted by Crippen LogP contribution is -2.39. The van der Waals surface area contributed by atoms with Gasteiger partial charge in [-0.1, -0.05) is 18.3 Å². The van der Waals surface area contributed by atoms with E-state index in [-0.39, 0.29) is 11.8 Å². The molecule has 0 aromatic carbocycles. The molecule has 82 valence electrons. The Balaban J connectivity index is 2.02. The van der Waals surface area contributed by atoms with Crippen molar-refractivity contribution in [2.75, 3.05) is 6.54 Å². The maximum Gasteiger partial charge on any atom is 0.225 e. The summed E-state index contributed by atoms with van der Waals surface area (Å²) in [5.41, 5.74) is 0. The van der Waals surface area contributed by atoms with Crippen molar-refractivity contribution in [1.29, 1.82) is 0 Å². The van der Waals surface area contributed by atoms with Crippen molar-refractivity contribution in [3.8, 4) is 0 Å². The summed E-state index contributed by atoms with van der Waals surface area (Å²) >= 11 is 7.02. The summed E-state index contributed by atoms with van der Waals surface area (Å²) in [5, 5.41) is 8.44. The number of nitrogens with zero attached hydrogens (tertiary/aromatic N) is 3. The van der Waals surface area contributed by atoms with E-state index in [1.807, 2.05) is 11.8 Å². The molecule has 1 unspecified atom stereocenters. The van der Waals surface area contributed by atoms with Crippen LogP contribution in [0.15, 0.2) is 0 Å². The summed E-state index contributed by atoms with van der Waals surface area (Å²) in [6.45, 7) is 3.34. The smallest absolute Gasteiger partial charge is 0.225 e. The summed E-state index contributed by atoms with van der Waals surface area (Å²) in [6, 6.07) is 0. The van der Waals surface area contributed by atoms with Crippen LogP contribution in [0, 0.1) is 5.92 Å². The molecular weight excluding hydrogens is 234 g/mol. The Morgan fingerprint density at radius 2 is 2.40 bits per heavy atom. The van der Waals surface area contributed by atoms with Gasteiger partial charge in [0.1, 0.15) is 5.01 Å². The summed E-state index contributed by atoms with van der Waals surface area (Å²) in [5.74, 6) is 0.356. The highest BCUT2D eigenvalue weighted by molar-refractivity contribution is 7.15. The SMILES string of the molecule is CC1CCCN(Cc2nnc(Cl)s2)C1=O. The second-order valence-electron chi connectivity index (χ2n) is 3.75. The number of carbonyl (C=O) groups excluding carboxylic acids is 1. The van der Waals surface area contributed by atoms with Gasteiger partial charge in [0.05, 0.1) is 6.54 Å². The van der Waals surface area contributed by atoms with Gasteiger partial charge in [0.15, 0.2) is 0 Å². The van der Waals surface area contributed by atoms with Gasteiger partial charge in [0.2, 0.25) is 10.4 Å². The molecule has 1 aromatic heterocycles. The minimum absolute atomic E-state index is 0.141. The van der Waals surface area contributed by atoms with Crippen LogP contribution in [0.25, 0.3) is 0 Å². The highest BCUT2D eigenvalue weighted by atomic mass is 35.5. The molecule has 2 heterocycles. The third-order valence-electron chi connectivity index (χ3n) is 2.57. The fourth-order valence-corrected chi connectivity index (χ4v) is 2.63. The van der Waals surface area contributed by atoms with Crippen molar-refractivity contribution in [3.05, 3.63) is 9.47 Å². The average Bonchev–Trinajstić information content (AvgIpc) is 2.59. The molecule has 1 aliphatic heterocycles. The van der Waals surface area contributed by atoms with Crippen molar-refractivity contribution in [2.24, 2.45) is 5.92 Å². The predicted octanol–water partition coefficient (Wildman–Crippen LogP) is 1.95. The molecule has 1 aromatic rings. The number of hydrogen-bond acceptors (Lipinski definition) is 4. The van der Waals surface area contributed by atoms with E-state index in [9.17, 15) is 4.79 Å². The van der Waals surface area contributed by atoms with E-state index in [2.05, 4.69) is 10.2 Å². The maximum absolute atomic E-state index is 11.8. The van der Waals surface area contributed by atoms with Gasteiger partial charge in [-0.2, -0.15) is 0 Å². The lowest BCUT2D eigenvalue weighted by atomic mass is 9.99. The van der Waals surface area contributed by atoms with E-state index in [1.165, 1.54) is 11.3 Å². The zero-order chi connectivity index (χ0) is 10.8. The Kier molecular flexibility index (Phi) is 3.21. The lowest BCUT2D eigenvalue weighted by Gasteiger charge is -2.29. The second-order valence-corrected chi connectivity index (χ2v) is 5.40. The topological polar surface area (TPSA) is 46.1 Å². The Labute approximate surface area is 97.3 Å². The van der Waals surface area contributed by atoms with E-state index in [0.717, 1.165) is 24.4 Å². The zero-order valence-electron chi connectivity index (χ0n) is 8.44. The van der Waals surface area contributed by atoms with Gasteiger partial charge in [-0.25, -0.2) is 0 Å². The van der Waals surface area contributed by atoms with Crippen molar-refractivity contribution in [2.45, 2.75) is 26.3 Å². The third-order valence-corrected chi connectivity index (χ3v) is 3.57. The van der Waals surface area contributed by atoms with Crippen molar-refractivity contribution >= 4 is 28.8 Å². The molecule has 1 aliphatic rings. The number of likely N-dealkylation sites (tertiary alicyclic amines) is 1. The van der Waals surface area contributed by atoms with E-state index >= 15 is 0 Å². The van der Waals surface area contributed by atoms with Crippen LogP contribution in [0.5, 0.6) is 0 Å². The van der Waals surface area contributed by atoms with E-state index in [0.29, 0.717) is 11.0 Å². The van der Waals surface area contributed by atoms with Gasteiger partial charge in [0.25, 0.3) is 0 Å². The molecule has 0 bridgehead atoms. The quantitative estimate of drug-likeness (QED) is 0.800. The number of rotatable bonds is 2. The first-order valence-corrected chi connectivity index (χ1v) is 6.13. The van der Waals surface area contributed by atoms with Crippen LogP contribution in [0.4, 0.5) is 0 Å². The summed E-state index contributed by atoms with van der Waals surface area (Å²) in [6.07, 6.45) is 2.06. The molecule has 0 saturated carbocycles. The molecule has 15 heavy (non-hydrogen) atoms. The van der Waals surface area contributed by atoms with Gasteiger partial charge < -0.3 is 4.90 Å². The van der Waals surface area contributed by atoms with Crippen LogP contribution in [0.1, 0.15) is 24.8 Å². The lowest BCUT2D eigenvalue weighted by molar-refractivity contribution is -0.138. The second kappa shape index (κ2) is 4.45. The Hall–Kier alpha value is -0.680. The molecule has 0 aliphatic carbocycles. The molecule has 1 saturated heterocycles. The van der Waals surface area contributed by atoms with Crippen LogP contribution in [-0.4, -0.2) is 27.5 Å². The Morgan fingerprint density at radius 1 is 1.60 bits per heavy atom. The third kappa shape index (κ3) is 2.46. The zero-order valence-corrected chi connectivity index (χ0v) is 10.0. The first-order valence-electron chi connectivity index (χ1n) is 4.93. The number of piperidine rings is 1. The molecule has 0 spiro atoms. The molecule has 0 radical (unpaired) electrons. The Bertz CT molecular complexity index is 368. The highest BCUT2D eigenvalue weighted by Crippen LogP contribution is 2.21. The number of amides is 1. The standard InChI is InChI=1S/C9H12ClN3OS/c1-6-3-2-4-13(8(6)14)5-7-11-12-9(10)15-7/h6H,2-5H2,1H3. The summed E-state index contributed by atoms with van der Waals surface area (Å²) < 4.78 is 0.433. The van der Waals surface area contributed by atoms with Crippen LogP contribution in [0.3, 0.4) is 0 Å². The van der Waals surface area contributed by atoms with Gasteiger partial charge in [-0.3, -0.25) is 4.79 Å². The maximum atomic E-state index is 11.8. The van der Waals surface area contributed by atoms with E-state index in [1.54, 1.807) is 0 Å². The summed E-state index contributed by atoms with van der Waals surface area (Å²) in [4.78, 5) is 13.6. The van der Waals surface area contributed by atoms with Gasteiger partial charge >= 0.3 is 0 Å². The molecule has 1 amide bonds. The highest BCUT2D eigenvalue weighted by Gasteiger charge is 2.25. The molecule has 2 rings (SSSR count). The molecule has 0 N–H and O–H groups in total. The van der Waals surface area contributed by atoms with Crippen LogP contribution < -0.4 is 0 Å². The van der Waals surface area contributed by atoms with E-state index < -0.39 is 0 Å². The molecule has 6 heteroatoms. The molecule has 1 atom stereocenters. The normalized spacial score (nSPS) is 22.1. The van der Waals surface area contributed by atoms with Gasteiger partial charge in [-0.05, 0) is 24.4 Å². The fraction of sp³-hybridized carbons (Fsp3) is 0.667.